The van der Waals surface area contributed by atoms with Crippen LogP contribution in [0.4, 0.5) is 5.82 Å². The highest BCUT2D eigenvalue weighted by atomic mass is 16.1. The molecule has 0 saturated carbocycles. The van der Waals surface area contributed by atoms with E-state index in [0.29, 0.717) is 18.4 Å². The largest absolute Gasteiger partial charge is 0.383 e. The van der Waals surface area contributed by atoms with Crippen molar-refractivity contribution in [2.75, 3.05) is 32.4 Å². The number of nitrogens with one attached hydrogen (secondary N) is 1. The minimum atomic E-state index is -0.0102. The predicted molar refractivity (Wildman–Crippen MR) is 117 cm³/mol. The molecule has 0 atom stereocenters. The highest BCUT2D eigenvalue weighted by Gasteiger charge is 2.20. The summed E-state index contributed by atoms with van der Waals surface area (Å²) < 4.78 is 2.09. The molecule has 5 rings (SSSR count). The number of nitrogens with two attached hydrogens (primary N) is 1. The molecule has 0 spiro atoms. The lowest BCUT2D eigenvalue weighted by atomic mass is 9.94. The number of nitrogens with zero attached hydrogens (tertiary/aromatic N) is 4. The van der Waals surface area contributed by atoms with Crippen LogP contribution in [0.1, 0.15) is 34.8 Å². The van der Waals surface area contributed by atoms with Crippen LogP contribution >= 0.6 is 0 Å². The summed E-state index contributed by atoms with van der Waals surface area (Å²) in [4.78, 5) is 18.8. The number of hydrogen-bond donors (Lipinski definition) is 2. The Morgan fingerprint density at radius 3 is 2.73 bits per heavy atom. The van der Waals surface area contributed by atoms with E-state index in [1.807, 2.05) is 18.3 Å². The van der Waals surface area contributed by atoms with Crippen LogP contribution in [0.3, 0.4) is 0 Å². The second kappa shape index (κ2) is 7.57. The molecule has 1 saturated heterocycles. The second-order valence-corrected chi connectivity index (χ2v) is 8.28. The van der Waals surface area contributed by atoms with Crippen molar-refractivity contribution in [3.05, 3.63) is 54.0 Å². The summed E-state index contributed by atoms with van der Waals surface area (Å²) in [6.45, 7) is 2.87. The molecule has 1 aromatic carbocycles. The van der Waals surface area contributed by atoms with Gasteiger partial charge in [-0.2, -0.15) is 5.10 Å². The first kappa shape index (κ1) is 18.8. The Balaban J connectivity index is 1.45. The number of fused-ring (bicyclic) bond motifs is 1. The summed E-state index contributed by atoms with van der Waals surface area (Å²) >= 11 is 0. The summed E-state index contributed by atoms with van der Waals surface area (Å²) in [5.74, 6) is 0.477. The number of pyridine rings is 1. The molecule has 1 fully saturated rings. The molecular weight excluding hydrogens is 376 g/mol. The minimum absolute atomic E-state index is 0.0102. The number of benzene rings is 1. The quantitative estimate of drug-likeness (QED) is 0.703. The van der Waals surface area contributed by atoms with Gasteiger partial charge in [0.1, 0.15) is 5.82 Å². The van der Waals surface area contributed by atoms with E-state index in [0.717, 1.165) is 65.7 Å². The third-order valence-electron chi connectivity index (χ3n) is 6.26. The number of likely N-dealkylation sites (tertiary alicyclic amines) is 1. The van der Waals surface area contributed by atoms with Crippen LogP contribution in [0.2, 0.25) is 0 Å². The Hall–Kier alpha value is -3.19. The van der Waals surface area contributed by atoms with E-state index in [-0.39, 0.29) is 5.91 Å². The molecule has 30 heavy (non-hydrogen) atoms. The SMILES string of the molecule is CN1CCC(n2cc(-c3cnc(N)c(-c4ccc5c(c4)CCNC5=O)c3)cn2)CC1. The van der Waals surface area contributed by atoms with Gasteiger partial charge in [-0.3, -0.25) is 9.48 Å². The lowest BCUT2D eigenvalue weighted by molar-refractivity contribution is 0.0946. The number of rotatable bonds is 3. The summed E-state index contributed by atoms with van der Waals surface area (Å²) in [7, 11) is 2.17. The summed E-state index contributed by atoms with van der Waals surface area (Å²) in [6.07, 6.45) is 8.89. The Labute approximate surface area is 175 Å². The maximum atomic E-state index is 12.0. The fourth-order valence-corrected chi connectivity index (χ4v) is 4.41. The molecule has 2 aliphatic rings. The van der Waals surface area contributed by atoms with Gasteiger partial charge in [-0.1, -0.05) is 12.1 Å². The van der Waals surface area contributed by atoms with Gasteiger partial charge >= 0.3 is 0 Å². The zero-order valence-electron chi connectivity index (χ0n) is 17.1. The van der Waals surface area contributed by atoms with Gasteiger partial charge in [-0.05, 0) is 62.7 Å². The predicted octanol–water partition coefficient (Wildman–Crippen LogP) is 2.75. The lowest BCUT2D eigenvalue weighted by Gasteiger charge is -2.28. The van der Waals surface area contributed by atoms with Gasteiger partial charge in [0.2, 0.25) is 0 Å². The van der Waals surface area contributed by atoms with Crippen LogP contribution in [-0.4, -0.2) is 52.3 Å². The fraction of sp³-hybridized carbons (Fsp3) is 0.348. The Bertz CT molecular complexity index is 1100. The number of nitrogen functional groups attached to an aromatic ring is 1. The standard InChI is InChI=1S/C23H26N6O/c1-28-8-5-19(6-9-28)29-14-18(13-27-29)17-11-21(22(24)26-12-17)15-2-3-20-16(10-15)4-7-25-23(20)30/h2-3,10-14,19H,4-9H2,1H3,(H2,24,26)(H,25,30). The van der Waals surface area contributed by atoms with Crippen molar-refractivity contribution < 1.29 is 4.79 Å². The van der Waals surface area contributed by atoms with Crippen LogP contribution in [-0.2, 0) is 6.42 Å². The van der Waals surface area contributed by atoms with Gasteiger partial charge in [-0.15, -0.1) is 0 Å². The number of amides is 1. The molecule has 2 aromatic heterocycles. The molecule has 154 valence electrons. The topological polar surface area (TPSA) is 89.1 Å². The van der Waals surface area contributed by atoms with Crippen LogP contribution in [0.15, 0.2) is 42.9 Å². The third-order valence-corrected chi connectivity index (χ3v) is 6.26. The van der Waals surface area contributed by atoms with Crippen LogP contribution in [0.25, 0.3) is 22.3 Å². The number of anilines is 1. The van der Waals surface area contributed by atoms with Crippen molar-refractivity contribution in [3.8, 4) is 22.3 Å². The zero-order valence-corrected chi connectivity index (χ0v) is 17.1. The average Bonchev–Trinajstić information content (AvgIpc) is 3.25. The van der Waals surface area contributed by atoms with E-state index >= 15 is 0 Å². The van der Waals surface area contributed by atoms with Crippen LogP contribution in [0.5, 0.6) is 0 Å². The van der Waals surface area contributed by atoms with Crippen molar-refractivity contribution in [3.63, 3.8) is 0 Å². The van der Waals surface area contributed by atoms with E-state index in [2.05, 4.69) is 50.4 Å². The molecule has 0 unspecified atom stereocenters. The first-order valence-corrected chi connectivity index (χ1v) is 10.5. The third kappa shape index (κ3) is 3.45. The van der Waals surface area contributed by atoms with Crippen molar-refractivity contribution in [2.45, 2.75) is 25.3 Å². The first-order chi connectivity index (χ1) is 14.6. The Morgan fingerprint density at radius 1 is 1.07 bits per heavy atom. The molecule has 3 aromatic rings. The van der Waals surface area contributed by atoms with Crippen molar-refractivity contribution >= 4 is 11.7 Å². The van der Waals surface area contributed by atoms with E-state index in [1.165, 1.54) is 0 Å². The Kier molecular flexibility index (Phi) is 4.75. The number of carbonyl (C=O) groups excluding carboxylic acids is 1. The molecule has 3 N–H and O–H groups in total. The van der Waals surface area contributed by atoms with Gasteiger partial charge in [0.15, 0.2) is 0 Å². The van der Waals surface area contributed by atoms with Crippen molar-refractivity contribution in [2.24, 2.45) is 0 Å². The molecule has 7 heteroatoms. The van der Waals surface area contributed by atoms with E-state index < -0.39 is 0 Å². The fourth-order valence-electron chi connectivity index (χ4n) is 4.41. The maximum Gasteiger partial charge on any atom is 0.251 e. The number of hydrogen-bond acceptors (Lipinski definition) is 5. The average molecular weight is 403 g/mol. The van der Waals surface area contributed by atoms with Gasteiger partial charge in [0.25, 0.3) is 5.91 Å². The molecule has 0 bridgehead atoms. The molecule has 1 amide bonds. The van der Waals surface area contributed by atoms with E-state index in [4.69, 9.17) is 5.73 Å². The minimum Gasteiger partial charge on any atom is -0.383 e. The van der Waals surface area contributed by atoms with Crippen LogP contribution in [0, 0.1) is 0 Å². The number of carbonyl (C=O) groups is 1. The molecule has 4 heterocycles. The number of aromatic nitrogens is 3. The summed E-state index contributed by atoms with van der Waals surface area (Å²) in [5, 5.41) is 7.51. The van der Waals surface area contributed by atoms with Gasteiger partial charge in [0, 0.05) is 41.2 Å². The smallest absolute Gasteiger partial charge is 0.251 e. The monoisotopic (exact) mass is 402 g/mol. The number of piperidine rings is 1. The molecule has 2 aliphatic heterocycles. The molecule has 0 aliphatic carbocycles. The summed E-state index contributed by atoms with van der Waals surface area (Å²) in [5.41, 5.74) is 11.9. The van der Waals surface area contributed by atoms with Gasteiger partial charge < -0.3 is 16.0 Å². The molecule has 7 nitrogen and oxygen atoms in total. The molecule has 0 radical (unpaired) electrons. The van der Waals surface area contributed by atoms with Crippen molar-refractivity contribution in [1.29, 1.82) is 0 Å². The highest BCUT2D eigenvalue weighted by Crippen LogP contribution is 2.32. The lowest BCUT2D eigenvalue weighted by Crippen LogP contribution is -2.31. The zero-order chi connectivity index (χ0) is 20.7. The van der Waals surface area contributed by atoms with Gasteiger partial charge in [0.05, 0.1) is 12.2 Å². The van der Waals surface area contributed by atoms with E-state index in [1.54, 1.807) is 6.20 Å². The Morgan fingerprint density at radius 2 is 1.90 bits per heavy atom. The van der Waals surface area contributed by atoms with E-state index in [9.17, 15) is 4.79 Å². The first-order valence-electron chi connectivity index (χ1n) is 10.5. The second-order valence-electron chi connectivity index (χ2n) is 8.28. The van der Waals surface area contributed by atoms with Gasteiger partial charge in [-0.25, -0.2) is 4.98 Å². The highest BCUT2D eigenvalue weighted by molar-refractivity contribution is 5.97. The normalized spacial score (nSPS) is 17.6. The maximum absolute atomic E-state index is 12.0. The summed E-state index contributed by atoms with van der Waals surface area (Å²) in [6, 6.07) is 8.41. The van der Waals surface area contributed by atoms with Crippen LogP contribution < -0.4 is 11.1 Å². The molecular formula is C23H26N6O. The van der Waals surface area contributed by atoms with Crippen molar-refractivity contribution in [1.82, 2.24) is 25.0 Å².